The maximum Gasteiger partial charge on any atom is 0.417 e. The zero-order valence-electron chi connectivity index (χ0n) is 27.8. The second-order valence-corrected chi connectivity index (χ2v) is 15.7. The molecule has 1 unspecified atom stereocenters. The number of imide groups is 1. The van der Waals surface area contributed by atoms with Gasteiger partial charge in [0.05, 0.1) is 24.2 Å². The second kappa shape index (κ2) is 12.2. The molecule has 4 fully saturated rings. The summed E-state index contributed by atoms with van der Waals surface area (Å²) < 4.78 is 11.4. The quantitative estimate of drug-likeness (QED) is 0.303. The molecule has 0 radical (unpaired) electrons. The summed E-state index contributed by atoms with van der Waals surface area (Å²) in [6, 6.07) is 9.14. The first-order chi connectivity index (χ1) is 21.0. The number of aliphatic hydroxyl groups excluding tert-OH is 1. The van der Waals surface area contributed by atoms with Gasteiger partial charge < -0.3 is 14.6 Å². The zero-order valence-corrected chi connectivity index (χ0v) is 27.8. The van der Waals surface area contributed by atoms with Gasteiger partial charge in [0.1, 0.15) is 6.10 Å². The molecule has 2 amide bonds. The van der Waals surface area contributed by atoms with Crippen LogP contribution >= 0.6 is 0 Å². The van der Waals surface area contributed by atoms with Crippen molar-refractivity contribution in [3.05, 3.63) is 47.5 Å². The highest BCUT2D eigenvalue weighted by atomic mass is 16.6. The number of rotatable bonds is 8. The highest BCUT2D eigenvalue weighted by molar-refractivity contribution is 5.95. The molecule has 6 rings (SSSR count). The van der Waals surface area contributed by atoms with E-state index < -0.39 is 30.3 Å². The average molecular weight is 606 g/mol. The van der Waals surface area contributed by atoms with E-state index in [1.54, 1.807) is 12.5 Å². The van der Waals surface area contributed by atoms with Crippen LogP contribution in [0.15, 0.2) is 42.0 Å². The van der Waals surface area contributed by atoms with Crippen LogP contribution < -0.4 is 0 Å². The molecule has 1 N–H and O–H groups in total. The van der Waals surface area contributed by atoms with Gasteiger partial charge in [-0.1, -0.05) is 69.7 Å². The summed E-state index contributed by atoms with van der Waals surface area (Å²) in [5.74, 6) is 2.48. The van der Waals surface area contributed by atoms with Crippen LogP contribution in [0.5, 0.6) is 0 Å². The van der Waals surface area contributed by atoms with E-state index in [1.807, 2.05) is 44.4 Å². The van der Waals surface area contributed by atoms with Crippen LogP contribution in [-0.2, 0) is 14.3 Å². The largest absolute Gasteiger partial charge is 0.439 e. The Hall–Kier alpha value is -2.18. The molecule has 12 atom stereocenters. The number of ether oxygens (including phenoxy) is 2. The topological polar surface area (TPSA) is 76.1 Å². The molecule has 44 heavy (non-hydrogen) atoms. The van der Waals surface area contributed by atoms with Crippen LogP contribution in [0.25, 0.3) is 0 Å². The predicted octanol–water partition coefficient (Wildman–Crippen LogP) is 8.10. The van der Waals surface area contributed by atoms with E-state index in [0.717, 1.165) is 36.2 Å². The van der Waals surface area contributed by atoms with Crippen LogP contribution in [0.2, 0.25) is 0 Å². The van der Waals surface area contributed by atoms with Gasteiger partial charge in [0.2, 0.25) is 5.91 Å². The smallest absolute Gasteiger partial charge is 0.417 e. The number of nitrogens with zero attached hydrogens (tertiary/aromatic N) is 1. The first kappa shape index (κ1) is 31.8. The number of amides is 2. The normalized spacial score (nSPS) is 40.2. The Balaban J connectivity index is 1.06. The summed E-state index contributed by atoms with van der Waals surface area (Å²) >= 11 is 0. The fourth-order valence-electron chi connectivity index (χ4n) is 10.9. The van der Waals surface area contributed by atoms with E-state index in [1.165, 1.54) is 49.8 Å². The number of benzene rings is 1. The molecule has 1 aromatic rings. The van der Waals surface area contributed by atoms with Crippen LogP contribution in [0, 0.1) is 46.3 Å². The zero-order chi connectivity index (χ0) is 31.4. The number of hydrogen-bond acceptors (Lipinski definition) is 5. The minimum absolute atomic E-state index is 0.343. The molecule has 0 aromatic heterocycles. The minimum Gasteiger partial charge on any atom is -0.439 e. The van der Waals surface area contributed by atoms with Gasteiger partial charge in [-0.25, -0.2) is 9.69 Å². The molecule has 242 valence electrons. The number of allylic oxidation sites excluding steroid dienone is 1. The molecule has 1 heterocycles. The number of carbonyl (C=O) groups is 2. The molecule has 6 heteroatoms. The van der Waals surface area contributed by atoms with Crippen molar-refractivity contribution in [2.45, 2.75) is 123 Å². The Morgan fingerprint density at radius 1 is 1.07 bits per heavy atom. The lowest BCUT2D eigenvalue weighted by Crippen LogP contribution is -2.51. The number of cyclic esters (lactones) is 1. The number of carbonyl (C=O) groups excluding carboxylic acids is 2. The lowest BCUT2D eigenvalue weighted by atomic mass is 9.47. The third-order valence-electron chi connectivity index (χ3n) is 13.7. The molecule has 5 aliphatic rings. The Bertz CT molecular complexity index is 1250. The van der Waals surface area contributed by atoms with Crippen molar-refractivity contribution in [2.75, 3.05) is 7.11 Å². The molecular formula is C38H55NO5. The first-order valence-corrected chi connectivity index (χ1v) is 17.5. The van der Waals surface area contributed by atoms with Crippen molar-refractivity contribution < 1.29 is 24.2 Å². The maximum absolute atomic E-state index is 13.5. The standard InChI is InChI=1S/C38H55NO5/c1-23(12-17-33(40)24(2)35(41)39-25(3)34(44-36(39)42)26-10-8-7-9-11-26)30-15-16-31-29-14-13-27-22-28(43-6)18-20-37(27,4)32(29)19-21-38(30,31)5/h7-11,13,23-25,28-34,40H,12,14-22H2,1-6H3/t23-,24?,25-,28+,29+,30-,31+,32+,33-,34-,37+,38-/m1/s1. The van der Waals surface area contributed by atoms with Crippen molar-refractivity contribution in [3.8, 4) is 0 Å². The van der Waals surface area contributed by atoms with Crippen LogP contribution in [-0.4, -0.2) is 47.4 Å². The maximum atomic E-state index is 13.5. The third kappa shape index (κ3) is 5.26. The van der Waals surface area contributed by atoms with Gasteiger partial charge in [-0.15, -0.1) is 0 Å². The highest BCUT2D eigenvalue weighted by Crippen LogP contribution is 2.67. The van der Waals surface area contributed by atoms with E-state index in [-0.39, 0.29) is 5.91 Å². The van der Waals surface area contributed by atoms with Crippen molar-refractivity contribution in [1.82, 2.24) is 4.90 Å². The molecule has 0 bridgehead atoms. The molecule has 3 saturated carbocycles. The number of aliphatic hydroxyl groups is 1. The predicted molar refractivity (Wildman–Crippen MR) is 172 cm³/mol. The number of methoxy groups -OCH3 is 1. The van der Waals surface area contributed by atoms with Gasteiger partial charge in [0, 0.05) is 7.11 Å². The van der Waals surface area contributed by atoms with Gasteiger partial charge >= 0.3 is 6.09 Å². The Morgan fingerprint density at radius 2 is 1.82 bits per heavy atom. The van der Waals surface area contributed by atoms with E-state index in [2.05, 4.69) is 26.8 Å². The highest BCUT2D eigenvalue weighted by Gasteiger charge is 2.59. The first-order valence-electron chi connectivity index (χ1n) is 17.5. The molecule has 6 nitrogen and oxygen atoms in total. The Labute approximate surface area is 264 Å². The number of hydrogen-bond donors (Lipinski definition) is 1. The van der Waals surface area contributed by atoms with Crippen molar-refractivity contribution in [3.63, 3.8) is 0 Å². The Morgan fingerprint density at radius 3 is 2.55 bits per heavy atom. The average Bonchev–Trinajstić information content (AvgIpc) is 3.54. The van der Waals surface area contributed by atoms with Gasteiger partial charge in [0.15, 0.2) is 0 Å². The van der Waals surface area contributed by atoms with E-state index in [0.29, 0.717) is 35.2 Å². The third-order valence-corrected chi connectivity index (χ3v) is 13.7. The van der Waals surface area contributed by atoms with Crippen LogP contribution in [0.3, 0.4) is 0 Å². The molecule has 1 saturated heterocycles. The minimum atomic E-state index is -0.787. The lowest BCUT2D eigenvalue weighted by molar-refractivity contribution is -0.136. The summed E-state index contributed by atoms with van der Waals surface area (Å²) in [5, 5.41) is 11.2. The summed E-state index contributed by atoms with van der Waals surface area (Å²) in [4.78, 5) is 27.5. The summed E-state index contributed by atoms with van der Waals surface area (Å²) in [5.41, 5.74) is 3.24. The van der Waals surface area contributed by atoms with Gasteiger partial charge in [-0.2, -0.15) is 0 Å². The molecular weight excluding hydrogens is 550 g/mol. The number of fused-ring (bicyclic) bond motifs is 5. The summed E-state index contributed by atoms with van der Waals surface area (Å²) in [6.07, 6.45) is 12.6. The van der Waals surface area contributed by atoms with Gasteiger partial charge in [-0.05, 0) is 117 Å². The molecule has 1 aromatic carbocycles. The Kier molecular flexibility index (Phi) is 8.82. The SMILES string of the molecule is CO[C@H]1CC[C@@]2(C)C(=CC[C@H]3[C@@H]4CC[C@H]([C@H](C)CC[C@@H](O)C(C)C(=O)N5C(=O)O[C@@H](c6ccccc6)[C@H]5C)[C@@]4(C)CC[C@@H]32)C1. The monoisotopic (exact) mass is 605 g/mol. The van der Waals surface area contributed by atoms with Crippen LogP contribution in [0.1, 0.15) is 110 Å². The summed E-state index contributed by atoms with van der Waals surface area (Å²) in [7, 11) is 1.87. The van der Waals surface area contributed by atoms with E-state index in [9.17, 15) is 14.7 Å². The second-order valence-electron chi connectivity index (χ2n) is 15.7. The fourth-order valence-corrected chi connectivity index (χ4v) is 10.9. The lowest BCUT2D eigenvalue weighted by Gasteiger charge is -2.58. The van der Waals surface area contributed by atoms with Crippen molar-refractivity contribution in [2.24, 2.45) is 46.3 Å². The molecule has 4 aliphatic carbocycles. The van der Waals surface area contributed by atoms with Crippen molar-refractivity contribution >= 4 is 12.0 Å². The molecule has 0 spiro atoms. The van der Waals surface area contributed by atoms with E-state index >= 15 is 0 Å². The summed E-state index contributed by atoms with van der Waals surface area (Å²) in [6.45, 7) is 11.1. The fraction of sp³-hybridized carbons (Fsp3) is 0.737. The van der Waals surface area contributed by atoms with Gasteiger partial charge in [-0.3, -0.25) is 4.79 Å². The van der Waals surface area contributed by atoms with Crippen LogP contribution in [0.4, 0.5) is 4.79 Å². The van der Waals surface area contributed by atoms with Crippen molar-refractivity contribution in [1.29, 1.82) is 0 Å². The molecule has 1 aliphatic heterocycles. The van der Waals surface area contributed by atoms with E-state index in [4.69, 9.17) is 9.47 Å². The van der Waals surface area contributed by atoms with Gasteiger partial charge in [0.25, 0.3) is 0 Å².